The second-order valence-corrected chi connectivity index (χ2v) is 9.01. The van der Waals surface area contributed by atoms with E-state index in [1.165, 1.54) is 0 Å². The third-order valence-electron chi connectivity index (χ3n) is 6.16. The molecule has 0 aliphatic rings. The Bertz CT molecular complexity index is 1910. The average Bonchev–Trinajstić information content (AvgIpc) is 3.05. The van der Waals surface area contributed by atoms with E-state index in [1.54, 1.807) is 109 Å². The molecule has 4 aromatic heterocycles. The van der Waals surface area contributed by atoms with Crippen LogP contribution in [0.15, 0.2) is 119 Å². The van der Waals surface area contributed by atoms with Gasteiger partial charge in [-0.25, -0.2) is 9.97 Å². The quantitative estimate of drug-likeness (QED) is 0.170. The molecule has 14 heteroatoms. The van der Waals surface area contributed by atoms with Crippen LogP contribution in [0.1, 0.15) is 20.7 Å². The smallest absolute Gasteiger partial charge is 0.545 e. The van der Waals surface area contributed by atoms with Gasteiger partial charge in [-0.05, 0) is 24.3 Å². The number of carboxylic acids is 2. The van der Waals surface area contributed by atoms with Crippen molar-refractivity contribution in [3.05, 3.63) is 141 Å². The van der Waals surface area contributed by atoms with Crippen molar-refractivity contribution < 1.29 is 78.9 Å². The largest absolute Gasteiger partial charge is 1.00 e. The molecule has 0 saturated heterocycles. The fraction of sp³-hybridized carbons (Fsp3) is 0. The van der Waals surface area contributed by atoms with Crippen LogP contribution in [0.25, 0.3) is 45.6 Å². The number of aromatic carboxylic acids is 2. The number of carbonyl (C=O) groups excluding carboxylic acids is 2. The molecule has 0 fully saturated rings. The van der Waals surface area contributed by atoms with E-state index in [4.69, 9.17) is 0 Å². The van der Waals surface area contributed by atoms with Crippen molar-refractivity contribution in [2.75, 3.05) is 0 Å². The Hall–Kier alpha value is -4.56. The Labute approximate surface area is 305 Å². The number of H-pyrrole nitrogens is 2. The van der Waals surface area contributed by atoms with E-state index in [1.807, 2.05) is 0 Å². The van der Waals surface area contributed by atoms with Crippen LogP contribution in [0.3, 0.4) is 0 Å². The molecular weight excluding hydrogens is 610 g/mol. The Morgan fingerprint density at radius 3 is 1.17 bits per heavy atom. The second kappa shape index (κ2) is 16.7. The first-order valence-electron chi connectivity index (χ1n) is 13.0. The van der Waals surface area contributed by atoms with Crippen LogP contribution >= 0.6 is 0 Å². The molecule has 0 saturated carbocycles. The summed E-state index contributed by atoms with van der Waals surface area (Å²) in [6.45, 7) is 0. The van der Waals surface area contributed by atoms with E-state index in [9.17, 15) is 29.4 Å². The molecule has 6 aromatic rings. The van der Waals surface area contributed by atoms with Crippen molar-refractivity contribution in [3.63, 3.8) is 0 Å². The van der Waals surface area contributed by atoms with Gasteiger partial charge in [0.2, 0.25) is 0 Å². The number of rotatable bonds is 6. The summed E-state index contributed by atoms with van der Waals surface area (Å²) in [5.41, 5.74) is -0.478. The molecule has 0 bridgehead atoms. The number of pyridine rings is 2. The summed E-state index contributed by atoms with van der Waals surface area (Å²) in [4.78, 5) is 68.4. The van der Waals surface area contributed by atoms with E-state index in [-0.39, 0.29) is 82.2 Å². The number of carbonyl (C=O) groups is 2. The predicted octanol–water partition coefficient (Wildman–Crippen LogP) is -4.27. The maximum Gasteiger partial charge on any atom is 1.00 e. The van der Waals surface area contributed by atoms with Crippen LogP contribution in [0.4, 0.5) is 0 Å². The van der Waals surface area contributed by atoms with Gasteiger partial charge in [-0.2, -0.15) is 0 Å². The number of benzene rings is 2. The number of carboxylic acid groups (broad SMARTS) is 2. The SMILES string of the molecule is O=C([O-])c1c(-c2ccccc2)nc(-c2ccccn2)[nH]c1=O.O=C([O-])c1c(-c2ccccc2)nc(-c2ccccn2)[nH]c1=O.[Na+].[Na+]. The van der Waals surface area contributed by atoms with Gasteiger partial charge in [0.1, 0.15) is 11.4 Å². The van der Waals surface area contributed by atoms with Gasteiger partial charge in [0.05, 0.1) is 34.5 Å². The number of hydrogen-bond acceptors (Lipinski definition) is 10. The summed E-state index contributed by atoms with van der Waals surface area (Å²) in [5, 5.41) is 22.6. The van der Waals surface area contributed by atoms with Gasteiger partial charge in [-0.1, -0.05) is 72.8 Å². The van der Waals surface area contributed by atoms with Crippen LogP contribution < -0.4 is 80.4 Å². The first-order chi connectivity index (χ1) is 21.3. The molecule has 0 amide bonds. The molecule has 46 heavy (non-hydrogen) atoms. The van der Waals surface area contributed by atoms with Crippen molar-refractivity contribution >= 4 is 11.9 Å². The number of nitrogens with zero attached hydrogens (tertiary/aromatic N) is 4. The Balaban J connectivity index is 0.000000240. The van der Waals surface area contributed by atoms with Crippen molar-refractivity contribution in [2.24, 2.45) is 0 Å². The minimum atomic E-state index is -1.57. The van der Waals surface area contributed by atoms with Gasteiger partial charge in [0.25, 0.3) is 11.1 Å². The summed E-state index contributed by atoms with van der Waals surface area (Å²) in [7, 11) is 0. The zero-order chi connectivity index (χ0) is 31.1. The molecule has 2 N–H and O–H groups in total. The molecule has 0 atom stereocenters. The van der Waals surface area contributed by atoms with Gasteiger partial charge >= 0.3 is 59.1 Å². The third-order valence-corrected chi connectivity index (χ3v) is 6.16. The fourth-order valence-corrected chi connectivity index (χ4v) is 4.18. The van der Waals surface area contributed by atoms with E-state index in [0.29, 0.717) is 22.5 Å². The first-order valence-corrected chi connectivity index (χ1v) is 13.0. The first kappa shape index (κ1) is 35.9. The molecule has 0 aliphatic carbocycles. The van der Waals surface area contributed by atoms with Crippen LogP contribution in [-0.4, -0.2) is 41.8 Å². The maximum atomic E-state index is 12.1. The summed E-state index contributed by atoms with van der Waals surface area (Å²) in [6, 6.07) is 27.5. The van der Waals surface area contributed by atoms with Gasteiger partial charge in [0.15, 0.2) is 11.6 Å². The van der Waals surface area contributed by atoms with Gasteiger partial charge in [-0.3, -0.25) is 19.6 Å². The minimum absolute atomic E-state index is 0. The Morgan fingerprint density at radius 2 is 0.870 bits per heavy atom. The Kier molecular flexibility index (Phi) is 13.0. The maximum absolute atomic E-state index is 12.1. The van der Waals surface area contributed by atoms with Crippen LogP contribution in [0.2, 0.25) is 0 Å². The monoisotopic (exact) mass is 630 g/mol. The average molecular weight is 631 g/mol. The standard InChI is InChI=1S/2C16H11N3O3.2Na/c2*20-15-12(16(21)22)13(10-6-2-1-3-7-10)18-14(19-15)11-8-4-5-9-17-11;;/h2*1-9H,(H,21,22)(H,18,19,20);;/q;;2*+1/p-2. The Morgan fingerprint density at radius 1 is 0.522 bits per heavy atom. The number of hydrogen-bond donors (Lipinski definition) is 2. The fourth-order valence-electron chi connectivity index (χ4n) is 4.18. The van der Waals surface area contributed by atoms with E-state index in [0.717, 1.165) is 0 Å². The van der Waals surface area contributed by atoms with Crippen LogP contribution in [0, 0.1) is 0 Å². The number of aromatic amines is 2. The second-order valence-electron chi connectivity index (χ2n) is 9.01. The van der Waals surface area contributed by atoms with E-state index in [2.05, 4.69) is 29.9 Å². The molecule has 0 aliphatic heterocycles. The molecular formula is C32H20N6Na2O6. The molecule has 6 rings (SSSR count). The molecule has 4 heterocycles. The number of aromatic nitrogens is 6. The van der Waals surface area contributed by atoms with Crippen molar-refractivity contribution in [3.8, 4) is 45.6 Å². The summed E-state index contributed by atoms with van der Waals surface area (Å²) >= 11 is 0. The van der Waals surface area contributed by atoms with Crippen molar-refractivity contribution in [1.82, 2.24) is 29.9 Å². The zero-order valence-electron chi connectivity index (χ0n) is 24.6. The van der Waals surface area contributed by atoms with Gasteiger partial charge in [-0.15, -0.1) is 0 Å². The van der Waals surface area contributed by atoms with E-state index < -0.39 is 34.2 Å². The van der Waals surface area contributed by atoms with E-state index >= 15 is 0 Å². The molecule has 216 valence electrons. The minimum Gasteiger partial charge on any atom is -0.545 e. The molecule has 0 unspecified atom stereocenters. The summed E-state index contributed by atoms with van der Waals surface area (Å²) < 4.78 is 0. The zero-order valence-corrected chi connectivity index (χ0v) is 28.6. The van der Waals surface area contributed by atoms with Crippen molar-refractivity contribution in [2.45, 2.75) is 0 Å². The molecule has 0 spiro atoms. The van der Waals surface area contributed by atoms with Crippen molar-refractivity contribution in [1.29, 1.82) is 0 Å². The number of nitrogens with one attached hydrogen (secondary N) is 2. The van der Waals surface area contributed by atoms with Crippen LogP contribution in [-0.2, 0) is 0 Å². The topological polar surface area (TPSA) is 198 Å². The summed E-state index contributed by atoms with van der Waals surface area (Å²) in [5.74, 6) is -2.73. The van der Waals surface area contributed by atoms with Gasteiger partial charge in [0, 0.05) is 23.5 Å². The van der Waals surface area contributed by atoms with Crippen LogP contribution in [0.5, 0.6) is 0 Å². The third kappa shape index (κ3) is 8.37. The van der Waals surface area contributed by atoms with Gasteiger partial charge < -0.3 is 29.8 Å². The normalized spacial score (nSPS) is 9.91. The molecule has 0 radical (unpaired) electrons. The molecule has 12 nitrogen and oxygen atoms in total. The summed E-state index contributed by atoms with van der Waals surface area (Å²) in [6.07, 6.45) is 3.12. The predicted molar refractivity (Wildman–Crippen MR) is 156 cm³/mol. The molecule has 2 aromatic carbocycles.